The highest BCUT2D eigenvalue weighted by molar-refractivity contribution is 7.77. The number of nitrogens with zero attached hydrogens (tertiary/aromatic N) is 4. The lowest BCUT2D eigenvalue weighted by atomic mass is 9.97. The Morgan fingerprint density at radius 1 is 1.18 bits per heavy atom. The molecule has 2 aromatic heterocycles. The average Bonchev–Trinajstić information content (AvgIpc) is 2.99. The maximum atomic E-state index is 15.8. The second kappa shape index (κ2) is 12.9. The Balaban J connectivity index is 1.69. The molecule has 0 aliphatic carbocycles. The summed E-state index contributed by atoms with van der Waals surface area (Å²) in [4.78, 5) is 14.6. The summed E-state index contributed by atoms with van der Waals surface area (Å²) in [7, 11) is 1.34. The van der Waals surface area contributed by atoms with Crippen molar-refractivity contribution in [1.29, 1.82) is 0 Å². The number of hydrogen-bond donors (Lipinski definition) is 3. The van der Waals surface area contributed by atoms with Gasteiger partial charge in [0.15, 0.2) is 5.82 Å². The van der Waals surface area contributed by atoms with Crippen molar-refractivity contribution in [2.75, 3.05) is 50.6 Å². The number of nitrogens with two attached hydrogens (primary N) is 1. The van der Waals surface area contributed by atoms with Crippen molar-refractivity contribution < 1.29 is 40.2 Å². The number of ether oxygens (including phenoxy) is 2. The summed E-state index contributed by atoms with van der Waals surface area (Å²) < 4.78 is 106. The van der Waals surface area contributed by atoms with E-state index in [9.17, 15) is 21.8 Å². The average molecular weight is 639 g/mol. The number of pyridine rings is 1. The molecule has 0 bridgehead atoms. The van der Waals surface area contributed by atoms with Gasteiger partial charge in [0.1, 0.15) is 34.9 Å². The van der Waals surface area contributed by atoms with Crippen LogP contribution in [0.25, 0.3) is 33.4 Å². The molecule has 2 unspecified atom stereocenters. The first kappa shape index (κ1) is 31.4. The van der Waals surface area contributed by atoms with E-state index in [1.807, 2.05) is 4.90 Å². The highest BCUT2D eigenvalue weighted by Crippen LogP contribution is 2.41. The minimum Gasteiger partial charge on any atom is -0.494 e. The predicted molar refractivity (Wildman–Crippen MR) is 154 cm³/mol. The molecule has 0 radical (unpaired) electrons. The molecule has 0 spiro atoms. The lowest BCUT2D eigenvalue weighted by Gasteiger charge is -2.29. The van der Waals surface area contributed by atoms with Crippen LogP contribution in [0.5, 0.6) is 5.75 Å². The fraction of sp³-hybridized carbons (Fsp3) is 0.321. The Labute approximate surface area is 250 Å². The van der Waals surface area contributed by atoms with Gasteiger partial charge in [0, 0.05) is 47.9 Å². The van der Waals surface area contributed by atoms with E-state index in [1.165, 1.54) is 31.4 Å². The Morgan fingerprint density at radius 3 is 2.61 bits per heavy atom. The normalized spacial score (nSPS) is 15.4. The van der Waals surface area contributed by atoms with Crippen LogP contribution in [0.4, 0.5) is 33.6 Å². The van der Waals surface area contributed by atoms with Gasteiger partial charge in [-0.1, -0.05) is 18.2 Å². The molecule has 2 atom stereocenters. The van der Waals surface area contributed by atoms with Crippen molar-refractivity contribution in [2.24, 2.45) is 0 Å². The third kappa shape index (κ3) is 6.57. The van der Waals surface area contributed by atoms with E-state index in [2.05, 4.69) is 19.7 Å². The van der Waals surface area contributed by atoms with Crippen molar-refractivity contribution in [3.05, 3.63) is 59.5 Å². The van der Waals surface area contributed by atoms with Crippen LogP contribution in [-0.4, -0.2) is 63.7 Å². The fourth-order valence-electron chi connectivity index (χ4n) is 4.96. The molecule has 5 rings (SSSR count). The number of alkyl halides is 4. The first-order valence-electron chi connectivity index (χ1n) is 13.3. The fourth-order valence-corrected chi connectivity index (χ4v) is 5.25. The number of fused-ring (bicyclic) bond motifs is 1. The first-order chi connectivity index (χ1) is 21.0. The number of benzene rings is 2. The number of anilines is 2. The van der Waals surface area contributed by atoms with E-state index in [1.54, 1.807) is 6.07 Å². The number of rotatable bonds is 9. The summed E-state index contributed by atoms with van der Waals surface area (Å²) in [5.74, 6) is -1.06. The van der Waals surface area contributed by atoms with Crippen molar-refractivity contribution in [3.63, 3.8) is 0 Å². The third-order valence-electron chi connectivity index (χ3n) is 7.05. The zero-order valence-corrected chi connectivity index (χ0v) is 24.0. The van der Waals surface area contributed by atoms with E-state index in [4.69, 9.17) is 19.8 Å². The van der Waals surface area contributed by atoms with Gasteiger partial charge in [-0.15, -0.1) is 0 Å². The molecular weight excluding hydrogens is 611 g/mol. The van der Waals surface area contributed by atoms with Crippen LogP contribution in [0.2, 0.25) is 0 Å². The van der Waals surface area contributed by atoms with Crippen LogP contribution >= 0.6 is 0 Å². The molecule has 234 valence electrons. The predicted octanol–water partition coefficient (Wildman–Crippen LogP) is 5.07. The van der Waals surface area contributed by atoms with Crippen LogP contribution in [0.15, 0.2) is 42.6 Å². The van der Waals surface area contributed by atoms with E-state index >= 15 is 4.39 Å². The lowest BCUT2D eigenvalue weighted by Crippen LogP contribution is -2.37. The number of morpholine rings is 1. The SMILES string of the molecule is COc1cc(-c2cccc(C(F)CCNS(=O)O)c2F)cc2c(N3CCOCC3)nc(-c3cnc(N)cc3C(F)(F)F)nc12. The van der Waals surface area contributed by atoms with Gasteiger partial charge in [0.25, 0.3) is 0 Å². The molecule has 44 heavy (non-hydrogen) atoms. The molecule has 4 N–H and O–H groups in total. The number of hydrogen-bond acceptors (Lipinski definition) is 8. The van der Waals surface area contributed by atoms with Crippen LogP contribution in [0, 0.1) is 5.82 Å². The molecular formula is C28H27F5N6O4S. The number of nitrogens with one attached hydrogen (secondary N) is 1. The smallest absolute Gasteiger partial charge is 0.417 e. The van der Waals surface area contributed by atoms with Crippen LogP contribution in [0.3, 0.4) is 0 Å². The monoisotopic (exact) mass is 638 g/mol. The first-order valence-corrected chi connectivity index (χ1v) is 14.4. The van der Waals surface area contributed by atoms with Crippen LogP contribution in [0.1, 0.15) is 23.7 Å². The number of nitrogen functional groups attached to an aromatic ring is 1. The van der Waals surface area contributed by atoms with E-state index < -0.39 is 35.0 Å². The van der Waals surface area contributed by atoms with Gasteiger partial charge in [0.2, 0.25) is 11.3 Å². The van der Waals surface area contributed by atoms with Gasteiger partial charge in [-0.2, -0.15) is 13.2 Å². The van der Waals surface area contributed by atoms with Gasteiger partial charge in [0.05, 0.1) is 25.9 Å². The highest BCUT2D eigenvalue weighted by atomic mass is 32.2. The van der Waals surface area contributed by atoms with Gasteiger partial charge < -0.3 is 20.1 Å². The Hall–Kier alpha value is -3.99. The summed E-state index contributed by atoms with van der Waals surface area (Å²) in [6, 6.07) is 7.95. The summed E-state index contributed by atoms with van der Waals surface area (Å²) in [5.41, 5.74) is 4.34. The van der Waals surface area contributed by atoms with Crippen molar-refractivity contribution >= 4 is 33.8 Å². The topological polar surface area (TPSA) is 136 Å². The summed E-state index contributed by atoms with van der Waals surface area (Å²) >= 11 is -2.33. The minimum atomic E-state index is -4.78. The molecule has 1 aliphatic heterocycles. The summed E-state index contributed by atoms with van der Waals surface area (Å²) in [6.07, 6.45) is -5.85. The van der Waals surface area contributed by atoms with Crippen LogP contribution in [-0.2, 0) is 22.2 Å². The molecule has 3 heterocycles. The summed E-state index contributed by atoms with van der Waals surface area (Å²) in [6.45, 7) is 1.23. The third-order valence-corrected chi connectivity index (χ3v) is 7.50. The van der Waals surface area contributed by atoms with Gasteiger partial charge in [-0.3, -0.25) is 4.55 Å². The maximum Gasteiger partial charge on any atom is 0.417 e. The Morgan fingerprint density at radius 2 is 1.93 bits per heavy atom. The molecule has 0 amide bonds. The van der Waals surface area contributed by atoms with Crippen LogP contribution < -0.4 is 20.1 Å². The Bertz CT molecular complexity index is 1700. The molecule has 16 heteroatoms. The molecule has 0 saturated carbocycles. The summed E-state index contributed by atoms with van der Waals surface area (Å²) in [5, 5.41) is 0.359. The second-order valence-corrected chi connectivity index (χ2v) is 10.6. The number of halogens is 5. The van der Waals surface area contributed by atoms with Crippen molar-refractivity contribution in [3.8, 4) is 28.3 Å². The molecule has 1 aliphatic rings. The molecule has 4 aromatic rings. The zero-order chi connectivity index (χ0) is 31.6. The van der Waals surface area contributed by atoms with Gasteiger partial charge in [-0.25, -0.2) is 32.7 Å². The standard InChI is InChI=1S/C28H27F5N6O4S/c1-42-22-12-15(16-3-2-4-17(24(16)30)21(29)5-6-36-44(40)41)11-18-25(22)37-26(38-27(18)39-7-9-43-10-8-39)19-14-35-23(34)13-20(19)28(31,32)33/h2-4,11-14,21,36H,5-10H2,1H3,(H2,34,35)(H,40,41). The molecule has 10 nitrogen and oxygen atoms in total. The second-order valence-electron chi connectivity index (χ2n) is 9.81. The van der Waals surface area contributed by atoms with E-state index in [-0.39, 0.29) is 63.9 Å². The number of methoxy groups -OCH3 is 1. The Kier molecular flexibility index (Phi) is 9.24. The molecule has 1 fully saturated rings. The molecule has 2 aromatic carbocycles. The molecule has 1 saturated heterocycles. The van der Waals surface area contributed by atoms with E-state index in [0.717, 1.165) is 6.20 Å². The van der Waals surface area contributed by atoms with E-state index in [0.29, 0.717) is 37.8 Å². The number of aromatic nitrogens is 3. The van der Waals surface area contributed by atoms with Crippen molar-refractivity contribution in [1.82, 2.24) is 19.7 Å². The zero-order valence-electron chi connectivity index (χ0n) is 23.2. The van der Waals surface area contributed by atoms with Crippen molar-refractivity contribution in [2.45, 2.75) is 18.8 Å². The highest BCUT2D eigenvalue weighted by Gasteiger charge is 2.36. The minimum absolute atomic E-state index is 0.0307. The quantitative estimate of drug-likeness (QED) is 0.170. The lowest BCUT2D eigenvalue weighted by molar-refractivity contribution is -0.137. The van der Waals surface area contributed by atoms with Gasteiger partial charge >= 0.3 is 6.18 Å². The maximum absolute atomic E-state index is 15.8. The van der Waals surface area contributed by atoms with Gasteiger partial charge in [-0.05, 0) is 30.2 Å². The largest absolute Gasteiger partial charge is 0.494 e.